The van der Waals surface area contributed by atoms with Gasteiger partial charge in [0, 0.05) is 63.6 Å². The Morgan fingerprint density at radius 2 is 2.13 bits per heavy atom. The molecular weight excluding hydrogens is 383 g/mol. The lowest BCUT2D eigenvalue weighted by atomic mass is 9.75. The molecule has 7 heteroatoms. The van der Waals surface area contributed by atoms with E-state index in [0.717, 1.165) is 18.7 Å². The van der Waals surface area contributed by atoms with Gasteiger partial charge in [0.15, 0.2) is 0 Å². The molecule has 2 aromatic rings. The monoisotopic (exact) mass is 414 g/mol. The summed E-state index contributed by atoms with van der Waals surface area (Å²) < 4.78 is 21.6. The lowest BCUT2D eigenvalue weighted by molar-refractivity contribution is -0.136. The number of nitrogens with zero attached hydrogens (tertiary/aromatic N) is 4. The van der Waals surface area contributed by atoms with E-state index in [-0.39, 0.29) is 17.6 Å². The van der Waals surface area contributed by atoms with Crippen molar-refractivity contribution in [2.24, 2.45) is 5.41 Å². The van der Waals surface area contributed by atoms with E-state index in [1.807, 2.05) is 23.4 Å². The first-order valence-electron chi connectivity index (χ1n) is 10.7. The summed E-state index contributed by atoms with van der Waals surface area (Å²) in [5.74, 6) is -0.0115. The van der Waals surface area contributed by atoms with Crippen LogP contribution in [0.15, 0.2) is 36.8 Å². The zero-order valence-electron chi connectivity index (χ0n) is 18.1. The summed E-state index contributed by atoms with van der Waals surface area (Å²) in [6, 6.07) is 7.20. The zero-order chi connectivity index (χ0) is 21.3. The molecule has 30 heavy (non-hydrogen) atoms. The highest BCUT2D eigenvalue weighted by Gasteiger charge is 2.57. The van der Waals surface area contributed by atoms with Crippen LogP contribution in [0.4, 0.5) is 4.39 Å². The predicted octanol–water partition coefficient (Wildman–Crippen LogP) is 3.07. The number of imidazole rings is 1. The fraction of sp³-hybridized carbons (Fsp3) is 0.565. The maximum atomic E-state index is 14.3. The van der Waals surface area contributed by atoms with Gasteiger partial charge in [-0.25, -0.2) is 9.37 Å². The van der Waals surface area contributed by atoms with Gasteiger partial charge in [0.1, 0.15) is 5.82 Å². The molecule has 1 aromatic carbocycles. The lowest BCUT2D eigenvalue weighted by Crippen LogP contribution is -2.40. The number of ether oxygens (including phenoxy) is 1. The number of halogens is 1. The van der Waals surface area contributed by atoms with Crippen molar-refractivity contribution in [2.75, 3.05) is 39.9 Å². The molecule has 0 radical (unpaired) electrons. The molecule has 0 aliphatic carbocycles. The number of methoxy groups -OCH3 is 1. The van der Waals surface area contributed by atoms with Crippen LogP contribution in [0.1, 0.15) is 43.5 Å². The highest BCUT2D eigenvalue weighted by molar-refractivity contribution is 5.86. The summed E-state index contributed by atoms with van der Waals surface area (Å²) in [4.78, 5) is 22.4. The molecule has 1 aromatic heterocycles. The van der Waals surface area contributed by atoms with Crippen LogP contribution in [0.3, 0.4) is 0 Å². The minimum absolute atomic E-state index is 0.00400. The Hall–Kier alpha value is -2.25. The van der Waals surface area contributed by atoms with Gasteiger partial charge in [-0.05, 0) is 26.3 Å². The van der Waals surface area contributed by atoms with Gasteiger partial charge >= 0.3 is 0 Å². The third-order valence-corrected chi connectivity index (χ3v) is 6.65. The van der Waals surface area contributed by atoms with Crippen LogP contribution in [-0.2, 0) is 16.1 Å². The Bertz CT molecular complexity index is 899. The first-order valence-corrected chi connectivity index (χ1v) is 10.7. The number of benzene rings is 1. The van der Waals surface area contributed by atoms with Crippen molar-refractivity contribution in [3.05, 3.63) is 53.9 Å². The maximum Gasteiger partial charge on any atom is 0.230 e. The standard InChI is InChI=1S/C23H31FN4O2/c1-17(2)28-14-21(25-16-28)19-13-26(12-18-6-4-5-7-20(18)24)15-23(19)8-9-27(22(23)29)10-11-30-3/h4-7,14,16-17,19H,8-13,15H2,1-3H3. The summed E-state index contributed by atoms with van der Waals surface area (Å²) in [5, 5.41) is 0. The fourth-order valence-electron chi connectivity index (χ4n) is 4.93. The molecule has 0 N–H and O–H groups in total. The molecule has 162 valence electrons. The van der Waals surface area contributed by atoms with Gasteiger partial charge in [-0.1, -0.05) is 18.2 Å². The second kappa shape index (κ2) is 8.47. The summed E-state index contributed by atoms with van der Waals surface area (Å²) >= 11 is 0. The number of carbonyl (C=O) groups is 1. The van der Waals surface area contributed by atoms with E-state index in [0.29, 0.717) is 44.4 Å². The molecule has 2 aliphatic heterocycles. The van der Waals surface area contributed by atoms with Crippen LogP contribution in [0, 0.1) is 11.2 Å². The number of hydrogen-bond acceptors (Lipinski definition) is 4. The number of amides is 1. The number of carbonyl (C=O) groups excluding carboxylic acids is 1. The van der Waals surface area contributed by atoms with Gasteiger partial charge in [0.25, 0.3) is 0 Å². The van der Waals surface area contributed by atoms with Crippen molar-refractivity contribution < 1.29 is 13.9 Å². The van der Waals surface area contributed by atoms with Crippen LogP contribution in [-0.4, -0.2) is 65.2 Å². The molecule has 2 atom stereocenters. The van der Waals surface area contributed by atoms with E-state index in [4.69, 9.17) is 4.74 Å². The summed E-state index contributed by atoms with van der Waals surface area (Å²) in [7, 11) is 1.66. The second-order valence-electron chi connectivity index (χ2n) is 8.84. The molecule has 6 nitrogen and oxygen atoms in total. The number of hydrogen-bond donors (Lipinski definition) is 0. The van der Waals surface area contributed by atoms with Crippen LogP contribution >= 0.6 is 0 Å². The predicted molar refractivity (Wildman–Crippen MR) is 113 cm³/mol. The van der Waals surface area contributed by atoms with Crippen LogP contribution in [0.25, 0.3) is 0 Å². The molecule has 2 saturated heterocycles. The van der Waals surface area contributed by atoms with Crippen molar-refractivity contribution in [3.63, 3.8) is 0 Å². The minimum Gasteiger partial charge on any atom is -0.383 e. The van der Waals surface area contributed by atoms with Crippen LogP contribution in [0.2, 0.25) is 0 Å². The van der Waals surface area contributed by atoms with Crippen molar-refractivity contribution in [3.8, 4) is 0 Å². The first kappa shape index (κ1) is 21.0. The smallest absolute Gasteiger partial charge is 0.230 e. The Balaban J connectivity index is 1.63. The van der Waals surface area contributed by atoms with E-state index in [1.54, 1.807) is 13.2 Å². The molecular formula is C23H31FN4O2. The van der Waals surface area contributed by atoms with Crippen molar-refractivity contribution in [2.45, 2.75) is 38.8 Å². The average Bonchev–Trinajstić information content (AvgIpc) is 3.42. The highest BCUT2D eigenvalue weighted by Crippen LogP contribution is 2.49. The Morgan fingerprint density at radius 3 is 2.83 bits per heavy atom. The molecule has 0 saturated carbocycles. The van der Waals surface area contributed by atoms with E-state index < -0.39 is 5.41 Å². The van der Waals surface area contributed by atoms with E-state index >= 15 is 0 Å². The first-order chi connectivity index (χ1) is 14.4. The lowest BCUT2D eigenvalue weighted by Gasteiger charge is -2.28. The van der Waals surface area contributed by atoms with E-state index in [1.165, 1.54) is 6.07 Å². The number of rotatable bonds is 7. The molecule has 2 unspecified atom stereocenters. The molecule has 2 fully saturated rings. The largest absolute Gasteiger partial charge is 0.383 e. The van der Waals surface area contributed by atoms with Gasteiger partial charge in [0.2, 0.25) is 5.91 Å². The number of aromatic nitrogens is 2. The third kappa shape index (κ3) is 3.76. The number of likely N-dealkylation sites (tertiary alicyclic amines) is 2. The SMILES string of the molecule is COCCN1CCC2(CN(Cc3ccccc3F)CC2c2cn(C(C)C)cn2)C1=O. The fourth-order valence-corrected chi connectivity index (χ4v) is 4.93. The molecule has 1 amide bonds. The van der Waals surface area contributed by atoms with Crippen molar-refractivity contribution >= 4 is 5.91 Å². The quantitative estimate of drug-likeness (QED) is 0.699. The molecule has 0 bridgehead atoms. The second-order valence-corrected chi connectivity index (χ2v) is 8.84. The molecule has 2 aliphatic rings. The van der Waals surface area contributed by atoms with Gasteiger partial charge in [-0.3, -0.25) is 9.69 Å². The molecule has 4 rings (SSSR count). The highest BCUT2D eigenvalue weighted by atomic mass is 19.1. The molecule has 1 spiro atoms. The normalized spacial score (nSPS) is 24.6. The maximum absolute atomic E-state index is 14.3. The minimum atomic E-state index is -0.505. The van der Waals surface area contributed by atoms with Gasteiger partial charge < -0.3 is 14.2 Å². The third-order valence-electron chi connectivity index (χ3n) is 6.65. The van der Waals surface area contributed by atoms with E-state index in [9.17, 15) is 9.18 Å². The summed E-state index contributed by atoms with van der Waals surface area (Å²) in [6.07, 6.45) is 4.73. The Morgan fingerprint density at radius 1 is 1.33 bits per heavy atom. The zero-order valence-corrected chi connectivity index (χ0v) is 18.1. The van der Waals surface area contributed by atoms with Crippen molar-refractivity contribution in [1.29, 1.82) is 0 Å². The van der Waals surface area contributed by atoms with Gasteiger partial charge in [0.05, 0.1) is 24.0 Å². The summed E-state index contributed by atoms with van der Waals surface area (Å²) in [6.45, 7) is 7.94. The van der Waals surface area contributed by atoms with E-state index in [2.05, 4.69) is 34.5 Å². The average molecular weight is 415 g/mol. The Labute approximate surface area is 177 Å². The van der Waals surface area contributed by atoms with Crippen molar-refractivity contribution in [1.82, 2.24) is 19.4 Å². The topological polar surface area (TPSA) is 50.6 Å². The van der Waals surface area contributed by atoms with Gasteiger partial charge in [-0.2, -0.15) is 0 Å². The van der Waals surface area contributed by atoms with Crippen LogP contribution < -0.4 is 0 Å². The summed E-state index contributed by atoms with van der Waals surface area (Å²) in [5.41, 5.74) is 1.12. The Kier molecular flexibility index (Phi) is 5.93. The van der Waals surface area contributed by atoms with Crippen LogP contribution in [0.5, 0.6) is 0 Å². The van der Waals surface area contributed by atoms with Gasteiger partial charge in [-0.15, -0.1) is 0 Å². The molecule has 3 heterocycles.